The van der Waals surface area contributed by atoms with Crippen LogP contribution in [0.3, 0.4) is 0 Å². The second-order valence-corrected chi connectivity index (χ2v) is 6.99. The van der Waals surface area contributed by atoms with Crippen molar-refractivity contribution < 1.29 is 24.5 Å². The third kappa shape index (κ3) is 3.75. The maximum atomic E-state index is 12.2. The second-order valence-electron chi connectivity index (χ2n) is 5.22. The maximum absolute atomic E-state index is 12.2. The summed E-state index contributed by atoms with van der Waals surface area (Å²) < 4.78 is 6.65. The number of pyridine rings is 1. The minimum absolute atomic E-state index is 0.118. The zero-order chi connectivity index (χ0) is 19.6. The minimum atomic E-state index is -1.58. The number of hydrogen-bond donors (Lipinski definition) is 4. The standard InChI is InChI=1S/C16H14Br2N2O6/c1-2-3-26-12-7(4-6(17)5-8(12)18)9-10(15(22)23)13(19)20-14(21)11(9)16(24)25/h4-5H,2-3H2,1H3,(H,22,23)(H,24,25)(H3,19,20,21). The number of nitrogens with two attached hydrogens (primary N) is 1. The molecule has 2 aromatic rings. The Morgan fingerprint density at radius 1 is 1.19 bits per heavy atom. The number of aromatic nitrogens is 1. The molecule has 138 valence electrons. The van der Waals surface area contributed by atoms with Crippen LogP contribution in [0.4, 0.5) is 5.82 Å². The molecule has 1 heterocycles. The van der Waals surface area contributed by atoms with Gasteiger partial charge in [-0.25, -0.2) is 9.59 Å². The number of ether oxygens (including phenoxy) is 1. The molecule has 5 N–H and O–H groups in total. The maximum Gasteiger partial charge on any atom is 0.342 e. The van der Waals surface area contributed by atoms with E-state index in [0.717, 1.165) is 0 Å². The third-order valence-corrected chi connectivity index (χ3v) is 4.45. The van der Waals surface area contributed by atoms with Crippen LogP contribution >= 0.6 is 31.9 Å². The molecule has 0 saturated heterocycles. The lowest BCUT2D eigenvalue weighted by Gasteiger charge is -2.17. The summed E-state index contributed by atoms with van der Waals surface area (Å²) in [6.07, 6.45) is 0.664. The molecule has 1 aromatic heterocycles. The van der Waals surface area contributed by atoms with Gasteiger partial charge in [-0.15, -0.1) is 0 Å². The van der Waals surface area contributed by atoms with Crippen molar-refractivity contribution in [2.45, 2.75) is 13.3 Å². The first-order valence-corrected chi connectivity index (χ1v) is 8.92. The van der Waals surface area contributed by atoms with Crippen molar-refractivity contribution in [3.8, 4) is 16.9 Å². The highest BCUT2D eigenvalue weighted by molar-refractivity contribution is 9.11. The SMILES string of the molecule is CCCOc1c(Br)cc(Br)cc1-c1c(C(=O)O)c(N)[nH]c(=O)c1C(=O)O. The van der Waals surface area contributed by atoms with Gasteiger partial charge in [0.2, 0.25) is 0 Å². The van der Waals surface area contributed by atoms with E-state index in [4.69, 9.17) is 10.5 Å². The van der Waals surface area contributed by atoms with E-state index in [9.17, 15) is 24.6 Å². The average Bonchev–Trinajstić information content (AvgIpc) is 2.51. The van der Waals surface area contributed by atoms with Gasteiger partial charge in [0.15, 0.2) is 0 Å². The number of aromatic carboxylic acids is 2. The summed E-state index contributed by atoms with van der Waals surface area (Å²) in [6, 6.07) is 3.13. The smallest absolute Gasteiger partial charge is 0.342 e. The Morgan fingerprint density at radius 2 is 1.81 bits per heavy atom. The summed E-state index contributed by atoms with van der Waals surface area (Å²) in [7, 11) is 0. The average molecular weight is 490 g/mol. The number of carboxylic acids is 2. The second kappa shape index (κ2) is 7.92. The van der Waals surface area contributed by atoms with Gasteiger partial charge in [-0.05, 0) is 34.5 Å². The fourth-order valence-electron chi connectivity index (χ4n) is 2.41. The predicted molar refractivity (Wildman–Crippen MR) is 102 cm³/mol. The van der Waals surface area contributed by atoms with Crippen LogP contribution in [0.15, 0.2) is 25.9 Å². The van der Waals surface area contributed by atoms with Gasteiger partial charge in [0.05, 0.1) is 11.1 Å². The first-order chi connectivity index (χ1) is 12.2. The molecule has 0 aliphatic rings. The van der Waals surface area contributed by atoms with E-state index in [-0.39, 0.29) is 16.9 Å². The van der Waals surface area contributed by atoms with Gasteiger partial charge in [0.1, 0.15) is 22.7 Å². The zero-order valence-electron chi connectivity index (χ0n) is 13.4. The largest absolute Gasteiger partial charge is 0.492 e. The third-order valence-electron chi connectivity index (χ3n) is 3.40. The van der Waals surface area contributed by atoms with Crippen molar-refractivity contribution in [3.05, 3.63) is 42.6 Å². The highest BCUT2D eigenvalue weighted by Crippen LogP contribution is 2.42. The molecule has 2 rings (SSSR count). The number of H-pyrrole nitrogens is 1. The van der Waals surface area contributed by atoms with E-state index in [0.29, 0.717) is 22.0 Å². The molecule has 1 aromatic carbocycles. The molecule has 0 fully saturated rings. The van der Waals surface area contributed by atoms with Crippen LogP contribution < -0.4 is 16.0 Å². The highest BCUT2D eigenvalue weighted by Gasteiger charge is 2.29. The van der Waals surface area contributed by atoms with E-state index in [2.05, 4.69) is 36.8 Å². The number of nitrogen functional groups attached to an aromatic ring is 1. The predicted octanol–water partition coefficient (Wildman–Crippen LogP) is 3.33. The lowest BCUT2D eigenvalue weighted by molar-refractivity contribution is 0.0695. The van der Waals surface area contributed by atoms with E-state index in [1.807, 2.05) is 6.92 Å². The number of carboxylic acid groups (broad SMARTS) is 2. The number of aromatic amines is 1. The van der Waals surface area contributed by atoms with Gasteiger partial charge < -0.3 is 25.7 Å². The molecule has 0 saturated carbocycles. The molecule has 0 radical (unpaired) electrons. The van der Waals surface area contributed by atoms with Crippen LogP contribution in [0.2, 0.25) is 0 Å². The van der Waals surface area contributed by atoms with Gasteiger partial charge >= 0.3 is 11.9 Å². The number of anilines is 1. The fourth-order valence-corrected chi connectivity index (χ4v) is 3.75. The first kappa shape index (κ1) is 20.0. The highest BCUT2D eigenvalue weighted by atomic mass is 79.9. The molecule has 8 nitrogen and oxygen atoms in total. The lowest BCUT2D eigenvalue weighted by atomic mass is 9.94. The number of rotatable bonds is 6. The van der Waals surface area contributed by atoms with E-state index < -0.39 is 34.4 Å². The Labute approximate surface area is 164 Å². The van der Waals surface area contributed by atoms with Crippen molar-refractivity contribution in [2.24, 2.45) is 0 Å². The molecule has 0 unspecified atom stereocenters. The van der Waals surface area contributed by atoms with Crippen LogP contribution in [0.5, 0.6) is 5.75 Å². The molecule has 26 heavy (non-hydrogen) atoms. The van der Waals surface area contributed by atoms with E-state index >= 15 is 0 Å². The van der Waals surface area contributed by atoms with Crippen molar-refractivity contribution in [1.82, 2.24) is 4.98 Å². The lowest BCUT2D eigenvalue weighted by Crippen LogP contribution is -2.24. The summed E-state index contributed by atoms with van der Waals surface area (Å²) in [5, 5.41) is 19.0. The van der Waals surface area contributed by atoms with Crippen LogP contribution in [0.25, 0.3) is 11.1 Å². The summed E-state index contributed by atoms with van der Waals surface area (Å²) >= 11 is 6.59. The number of carbonyl (C=O) groups is 2. The molecular formula is C16H14Br2N2O6. The Balaban J connectivity index is 3.02. The van der Waals surface area contributed by atoms with E-state index in [1.165, 1.54) is 6.07 Å². The first-order valence-electron chi connectivity index (χ1n) is 7.33. The van der Waals surface area contributed by atoms with E-state index in [1.54, 1.807) is 6.07 Å². The normalized spacial score (nSPS) is 10.6. The molecule has 0 amide bonds. The van der Waals surface area contributed by atoms with Gasteiger partial charge in [-0.3, -0.25) is 4.79 Å². The topological polar surface area (TPSA) is 143 Å². The van der Waals surface area contributed by atoms with Crippen molar-refractivity contribution >= 4 is 49.6 Å². The van der Waals surface area contributed by atoms with Gasteiger partial charge in [-0.2, -0.15) is 0 Å². The van der Waals surface area contributed by atoms with Gasteiger partial charge in [-0.1, -0.05) is 22.9 Å². The van der Waals surface area contributed by atoms with Crippen molar-refractivity contribution in [3.63, 3.8) is 0 Å². The molecule has 0 aliphatic heterocycles. The number of nitrogens with one attached hydrogen (secondary N) is 1. The molecule has 0 aliphatic carbocycles. The quantitative estimate of drug-likeness (QED) is 0.487. The molecule has 10 heteroatoms. The molecule has 0 atom stereocenters. The molecule has 0 spiro atoms. The Hall–Kier alpha value is -2.33. The Kier molecular flexibility index (Phi) is 6.09. The van der Waals surface area contributed by atoms with Crippen LogP contribution in [0, 0.1) is 0 Å². The molecule has 0 bridgehead atoms. The van der Waals surface area contributed by atoms with Gasteiger partial charge in [0.25, 0.3) is 5.56 Å². The summed E-state index contributed by atoms with van der Waals surface area (Å²) in [5.74, 6) is -3.29. The summed E-state index contributed by atoms with van der Waals surface area (Å²) in [5.41, 5.74) is 3.20. The number of hydrogen-bond acceptors (Lipinski definition) is 5. The number of halogens is 2. The summed E-state index contributed by atoms with van der Waals surface area (Å²) in [6.45, 7) is 2.18. The fraction of sp³-hybridized carbons (Fsp3) is 0.188. The van der Waals surface area contributed by atoms with Crippen LogP contribution in [0.1, 0.15) is 34.1 Å². The zero-order valence-corrected chi connectivity index (χ0v) is 16.6. The Bertz CT molecular complexity index is 955. The van der Waals surface area contributed by atoms with Crippen LogP contribution in [-0.4, -0.2) is 33.7 Å². The monoisotopic (exact) mass is 488 g/mol. The van der Waals surface area contributed by atoms with Gasteiger partial charge in [0, 0.05) is 15.6 Å². The Morgan fingerprint density at radius 3 is 2.35 bits per heavy atom. The van der Waals surface area contributed by atoms with Crippen LogP contribution in [-0.2, 0) is 0 Å². The number of benzene rings is 1. The van der Waals surface area contributed by atoms with Crippen molar-refractivity contribution in [1.29, 1.82) is 0 Å². The molecular weight excluding hydrogens is 476 g/mol. The minimum Gasteiger partial charge on any atom is -0.492 e. The van der Waals surface area contributed by atoms with Crippen molar-refractivity contribution in [2.75, 3.05) is 12.3 Å². The summed E-state index contributed by atoms with van der Waals surface area (Å²) in [4.78, 5) is 37.7.